The third-order valence-electron chi connectivity index (χ3n) is 5.20. The fraction of sp³-hybridized carbons (Fsp3) is 0.765. The molecule has 0 aromatic rings. The first-order valence-electron chi connectivity index (χ1n) is 8.50. The zero-order valence-corrected chi connectivity index (χ0v) is 14.6. The van der Waals surface area contributed by atoms with Crippen molar-refractivity contribution in [1.82, 2.24) is 10.3 Å². The maximum atomic E-state index is 12.5. The van der Waals surface area contributed by atoms with Gasteiger partial charge in [0, 0.05) is 25.4 Å². The van der Waals surface area contributed by atoms with E-state index in [0.29, 0.717) is 0 Å². The zero-order chi connectivity index (χ0) is 17.5. The molecule has 2 bridgehead atoms. The highest BCUT2D eigenvalue weighted by Crippen LogP contribution is 2.52. The lowest BCUT2D eigenvalue weighted by Gasteiger charge is -2.39. The molecule has 24 heavy (non-hydrogen) atoms. The molecule has 2 amide bonds. The second-order valence-electron chi connectivity index (χ2n) is 8.40. The number of likely N-dealkylation sites (tertiary alicyclic amines) is 1. The van der Waals surface area contributed by atoms with E-state index in [1.54, 1.807) is 0 Å². The van der Waals surface area contributed by atoms with Gasteiger partial charge in [0.2, 0.25) is 5.91 Å². The summed E-state index contributed by atoms with van der Waals surface area (Å²) < 4.78 is 5.11. The molecule has 1 saturated carbocycles. The van der Waals surface area contributed by atoms with Gasteiger partial charge in [0.25, 0.3) is 5.91 Å². The number of rotatable bonds is 3. The Morgan fingerprint density at radius 3 is 2.71 bits per heavy atom. The summed E-state index contributed by atoms with van der Waals surface area (Å²) >= 11 is 0. The van der Waals surface area contributed by atoms with Crippen LogP contribution in [0.1, 0.15) is 52.9 Å². The van der Waals surface area contributed by atoms with Crippen molar-refractivity contribution in [3.05, 3.63) is 0 Å². The lowest BCUT2D eigenvalue weighted by Crippen LogP contribution is -2.40. The van der Waals surface area contributed by atoms with Crippen LogP contribution in [0.4, 0.5) is 0 Å². The van der Waals surface area contributed by atoms with Crippen molar-refractivity contribution in [2.45, 2.75) is 58.9 Å². The molecule has 7 heteroatoms. The fourth-order valence-electron chi connectivity index (χ4n) is 4.67. The Bertz CT molecular complexity index is 613. The number of nitrogens with zero attached hydrogens (tertiary/aromatic N) is 2. The molecule has 1 aliphatic carbocycles. The van der Waals surface area contributed by atoms with E-state index in [1.165, 1.54) is 0 Å². The van der Waals surface area contributed by atoms with Crippen LogP contribution in [-0.2, 0) is 19.1 Å². The summed E-state index contributed by atoms with van der Waals surface area (Å²) in [4.78, 5) is 37.4. The molecule has 132 valence electrons. The van der Waals surface area contributed by atoms with Gasteiger partial charge in [-0.3, -0.25) is 9.59 Å². The molecule has 2 heterocycles. The maximum absolute atomic E-state index is 12.5. The van der Waals surface area contributed by atoms with E-state index >= 15 is 0 Å². The van der Waals surface area contributed by atoms with Gasteiger partial charge in [-0.25, -0.2) is 10.2 Å². The summed E-state index contributed by atoms with van der Waals surface area (Å²) in [6.07, 6.45) is 3.58. The predicted molar refractivity (Wildman–Crippen MR) is 87.0 cm³/mol. The first-order valence-corrected chi connectivity index (χ1v) is 8.50. The molecular formula is C17H25N3O4. The lowest BCUT2D eigenvalue weighted by molar-refractivity contribution is -0.147. The number of esters is 1. The molecule has 0 aromatic heterocycles. The number of hydrogen-bond donors (Lipinski definition) is 1. The van der Waals surface area contributed by atoms with Crippen molar-refractivity contribution in [3.63, 3.8) is 0 Å². The van der Waals surface area contributed by atoms with Gasteiger partial charge in [0.1, 0.15) is 5.71 Å². The molecule has 2 aliphatic heterocycles. The minimum Gasteiger partial charge on any atom is -0.451 e. The summed E-state index contributed by atoms with van der Waals surface area (Å²) in [7, 11) is 0. The van der Waals surface area contributed by atoms with Crippen molar-refractivity contribution in [3.8, 4) is 0 Å². The third-order valence-corrected chi connectivity index (χ3v) is 5.20. The van der Waals surface area contributed by atoms with Crippen LogP contribution < -0.4 is 5.43 Å². The van der Waals surface area contributed by atoms with Gasteiger partial charge < -0.3 is 9.64 Å². The van der Waals surface area contributed by atoms with Crippen LogP contribution >= 0.6 is 0 Å². The molecule has 0 unspecified atom stereocenters. The SMILES string of the molecule is CC1(C)C[C@H]2C[C@](C)(CN2C(=O)COC(=O)C2=NNC(=O)CC2)C1. The standard InChI is InChI=1S/C17H25N3O4/c1-16(2)6-11-7-17(3,9-16)10-20(11)14(22)8-24-15(23)12-4-5-13(21)19-18-12/h11H,4-10H2,1-3H3,(H,19,21)/t11-,17-/m0/s1. The number of fused-ring (bicyclic) bond motifs is 2. The maximum Gasteiger partial charge on any atom is 0.355 e. The van der Waals surface area contributed by atoms with Crippen molar-refractivity contribution in [2.75, 3.05) is 13.2 Å². The van der Waals surface area contributed by atoms with Crippen LogP contribution in [-0.4, -0.2) is 47.6 Å². The molecule has 0 radical (unpaired) electrons. The van der Waals surface area contributed by atoms with Crippen molar-refractivity contribution in [2.24, 2.45) is 15.9 Å². The Balaban J connectivity index is 1.56. The van der Waals surface area contributed by atoms with Crippen LogP contribution in [0.25, 0.3) is 0 Å². The van der Waals surface area contributed by atoms with E-state index in [2.05, 4.69) is 31.3 Å². The van der Waals surface area contributed by atoms with E-state index in [1.807, 2.05) is 4.90 Å². The molecule has 0 aromatic carbocycles. The minimum absolute atomic E-state index is 0.143. The van der Waals surface area contributed by atoms with Crippen molar-refractivity contribution < 1.29 is 19.1 Å². The molecule has 0 spiro atoms. The Kier molecular flexibility index (Phi) is 4.13. The first-order chi connectivity index (χ1) is 11.2. The number of hydrazone groups is 1. The van der Waals surface area contributed by atoms with Crippen molar-refractivity contribution in [1.29, 1.82) is 0 Å². The second-order valence-corrected chi connectivity index (χ2v) is 8.40. The molecule has 2 atom stereocenters. The van der Waals surface area contributed by atoms with Crippen LogP contribution in [0.15, 0.2) is 5.10 Å². The van der Waals surface area contributed by atoms with Gasteiger partial charge in [-0.05, 0) is 30.1 Å². The third kappa shape index (κ3) is 3.44. The van der Waals surface area contributed by atoms with Crippen LogP contribution in [0, 0.1) is 10.8 Å². The summed E-state index contributed by atoms with van der Waals surface area (Å²) in [6, 6.07) is 0.233. The second kappa shape index (κ2) is 5.86. The monoisotopic (exact) mass is 335 g/mol. The molecular weight excluding hydrogens is 310 g/mol. The Hall–Kier alpha value is -1.92. The summed E-state index contributed by atoms with van der Waals surface area (Å²) in [5.41, 5.74) is 2.81. The Labute approximate surface area is 141 Å². The summed E-state index contributed by atoms with van der Waals surface area (Å²) in [5, 5.41) is 3.69. The smallest absolute Gasteiger partial charge is 0.355 e. The number of amides is 2. The topological polar surface area (TPSA) is 88.1 Å². The van der Waals surface area contributed by atoms with Gasteiger partial charge in [0.05, 0.1) is 0 Å². The number of carbonyl (C=O) groups is 3. The Morgan fingerprint density at radius 1 is 1.29 bits per heavy atom. The highest BCUT2D eigenvalue weighted by Gasteiger charge is 2.50. The number of hydrogen-bond acceptors (Lipinski definition) is 5. The lowest BCUT2D eigenvalue weighted by atomic mass is 9.65. The highest BCUT2D eigenvalue weighted by atomic mass is 16.5. The van der Waals surface area contributed by atoms with Crippen LogP contribution in [0.5, 0.6) is 0 Å². The largest absolute Gasteiger partial charge is 0.451 e. The van der Waals surface area contributed by atoms with Gasteiger partial charge >= 0.3 is 5.97 Å². The van der Waals surface area contributed by atoms with Crippen LogP contribution in [0.3, 0.4) is 0 Å². The number of ether oxygens (including phenoxy) is 1. The normalized spacial score (nSPS) is 31.3. The number of nitrogens with one attached hydrogen (secondary N) is 1. The molecule has 1 N–H and O–H groups in total. The van der Waals surface area contributed by atoms with Gasteiger partial charge in [0.15, 0.2) is 6.61 Å². The quantitative estimate of drug-likeness (QED) is 0.786. The average Bonchev–Trinajstić information content (AvgIpc) is 2.74. The first kappa shape index (κ1) is 16.9. The fourth-order valence-corrected chi connectivity index (χ4v) is 4.67. The summed E-state index contributed by atoms with van der Waals surface area (Å²) in [6.45, 7) is 7.20. The van der Waals surface area contributed by atoms with E-state index in [4.69, 9.17) is 4.74 Å². The van der Waals surface area contributed by atoms with Crippen molar-refractivity contribution >= 4 is 23.5 Å². The van der Waals surface area contributed by atoms with E-state index < -0.39 is 5.97 Å². The van der Waals surface area contributed by atoms with Crippen LogP contribution in [0.2, 0.25) is 0 Å². The van der Waals surface area contributed by atoms with E-state index in [0.717, 1.165) is 25.8 Å². The van der Waals surface area contributed by atoms with E-state index in [9.17, 15) is 14.4 Å². The highest BCUT2D eigenvalue weighted by molar-refractivity contribution is 6.37. The molecule has 3 aliphatic rings. The average molecular weight is 335 g/mol. The Morgan fingerprint density at radius 2 is 2.04 bits per heavy atom. The zero-order valence-electron chi connectivity index (χ0n) is 14.6. The number of carbonyl (C=O) groups excluding carboxylic acids is 3. The molecule has 3 rings (SSSR count). The molecule has 7 nitrogen and oxygen atoms in total. The predicted octanol–water partition coefficient (Wildman–Crippen LogP) is 1.22. The molecule has 2 fully saturated rings. The molecule has 1 saturated heterocycles. The summed E-state index contributed by atoms with van der Waals surface area (Å²) in [5.74, 6) is -0.991. The van der Waals surface area contributed by atoms with Gasteiger partial charge in [-0.2, -0.15) is 5.10 Å². The van der Waals surface area contributed by atoms with Gasteiger partial charge in [-0.15, -0.1) is 0 Å². The minimum atomic E-state index is -0.628. The van der Waals surface area contributed by atoms with E-state index in [-0.39, 0.29) is 53.8 Å². The van der Waals surface area contributed by atoms with Gasteiger partial charge in [-0.1, -0.05) is 20.8 Å².